The van der Waals surface area contributed by atoms with Crippen molar-refractivity contribution >= 4 is 10.8 Å². The van der Waals surface area contributed by atoms with Crippen LogP contribution in [-0.4, -0.2) is 12.0 Å². The molecule has 0 radical (unpaired) electrons. The van der Waals surface area contributed by atoms with Crippen LogP contribution < -0.4 is 5.32 Å². The average Bonchev–Trinajstić information content (AvgIpc) is 2.52. The zero-order valence-corrected chi connectivity index (χ0v) is 11.5. The highest BCUT2D eigenvalue weighted by molar-refractivity contribution is 5.87. The molecular formula is C17H14F2N2. The maximum atomic E-state index is 14.0. The molecule has 1 atom stereocenters. The van der Waals surface area contributed by atoms with E-state index < -0.39 is 0 Å². The van der Waals surface area contributed by atoms with Gasteiger partial charge in [0.25, 0.3) is 0 Å². The fourth-order valence-electron chi connectivity index (χ4n) is 2.64. The Bertz CT molecular complexity index is 787. The van der Waals surface area contributed by atoms with Crippen LogP contribution in [0.15, 0.2) is 54.9 Å². The number of benzene rings is 2. The van der Waals surface area contributed by atoms with Crippen LogP contribution in [0.4, 0.5) is 8.78 Å². The summed E-state index contributed by atoms with van der Waals surface area (Å²) in [5, 5.41) is 4.40. The number of pyridine rings is 1. The van der Waals surface area contributed by atoms with E-state index >= 15 is 0 Å². The molecule has 1 aromatic heterocycles. The van der Waals surface area contributed by atoms with Crippen molar-refractivity contribution in [3.05, 3.63) is 77.6 Å². The molecule has 0 aliphatic carbocycles. The van der Waals surface area contributed by atoms with Crippen molar-refractivity contribution in [3.8, 4) is 0 Å². The molecule has 0 saturated heterocycles. The molecule has 106 valence electrons. The highest BCUT2D eigenvalue weighted by Gasteiger charge is 2.19. The van der Waals surface area contributed by atoms with Crippen molar-refractivity contribution in [1.29, 1.82) is 0 Å². The molecule has 0 saturated carbocycles. The molecule has 3 aromatic rings. The first-order valence-electron chi connectivity index (χ1n) is 6.66. The van der Waals surface area contributed by atoms with Crippen LogP contribution in [0, 0.1) is 11.6 Å². The van der Waals surface area contributed by atoms with Crippen molar-refractivity contribution in [3.63, 3.8) is 0 Å². The highest BCUT2D eigenvalue weighted by Crippen LogP contribution is 2.31. The van der Waals surface area contributed by atoms with E-state index in [4.69, 9.17) is 0 Å². The third-order valence-electron chi connectivity index (χ3n) is 3.62. The second kappa shape index (κ2) is 5.58. The number of aromatic nitrogens is 1. The van der Waals surface area contributed by atoms with Gasteiger partial charge in [0.2, 0.25) is 0 Å². The Balaban J connectivity index is 2.23. The monoisotopic (exact) mass is 284 g/mol. The lowest BCUT2D eigenvalue weighted by molar-refractivity contribution is 0.571. The van der Waals surface area contributed by atoms with Gasteiger partial charge >= 0.3 is 0 Å². The summed E-state index contributed by atoms with van der Waals surface area (Å²) in [5.41, 5.74) is 1.32. The van der Waals surface area contributed by atoms with Crippen molar-refractivity contribution in [1.82, 2.24) is 10.3 Å². The van der Waals surface area contributed by atoms with E-state index in [9.17, 15) is 8.78 Å². The summed E-state index contributed by atoms with van der Waals surface area (Å²) in [7, 11) is 1.75. The van der Waals surface area contributed by atoms with Gasteiger partial charge in [0.15, 0.2) is 0 Å². The molecule has 0 bridgehead atoms. The van der Waals surface area contributed by atoms with E-state index in [2.05, 4.69) is 10.3 Å². The molecule has 0 spiro atoms. The molecule has 1 N–H and O–H groups in total. The maximum absolute atomic E-state index is 14.0. The summed E-state index contributed by atoms with van der Waals surface area (Å²) in [6, 6.07) is 11.6. The standard InChI is InChI=1S/C17H14F2N2/c1-20-17(14-8-9-21-10-16(14)19)13-6-7-15(18)12-5-3-2-4-11(12)13/h2-10,17,20H,1H3. The Labute approximate surface area is 121 Å². The number of nitrogens with one attached hydrogen (secondary N) is 1. The minimum absolute atomic E-state index is 0.278. The first-order valence-corrected chi connectivity index (χ1v) is 6.66. The molecule has 2 aromatic carbocycles. The SMILES string of the molecule is CNC(c1ccncc1F)c1ccc(F)c2ccccc12. The Hall–Kier alpha value is -2.33. The molecule has 3 rings (SSSR count). The van der Waals surface area contributed by atoms with Gasteiger partial charge in [-0.1, -0.05) is 30.3 Å². The smallest absolute Gasteiger partial charge is 0.146 e. The van der Waals surface area contributed by atoms with Gasteiger partial charge in [-0.2, -0.15) is 0 Å². The molecule has 21 heavy (non-hydrogen) atoms. The van der Waals surface area contributed by atoms with Crippen LogP contribution in [0.3, 0.4) is 0 Å². The Morgan fingerprint density at radius 2 is 1.67 bits per heavy atom. The number of halogens is 2. The number of nitrogens with zero attached hydrogens (tertiary/aromatic N) is 1. The summed E-state index contributed by atoms with van der Waals surface area (Å²) in [4.78, 5) is 3.77. The van der Waals surface area contributed by atoms with Crippen molar-refractivity contribution in [2.24, 2.45) is 0 Å². The van der Waals surface area contributed by atoms with E-state index in [0.29, 0.717) is 10.9 Å². The molecule has 2 nitrogen and oxygen atoms in total. The first kappa shape index (κ1) is 13.6. The summed E-state index contributed by atoms with van der Waals surface area (Å²) >= 11 is 0. The van der Waals surface area contributed by atoms with Gasteiger partial charge in [0, 0.05) is 17.1 Å². The average molecular weight is 284 g/mol. The van der Waals surface area contributed by atoms with Gasteiger partial charge in [0.1, 0.15) is 11.6 Å². The van der Waals surface area contributed by atoms with Gasteiger partial charge in [-0.25, -0.2) is 8.78 Å². The van der Waals surface area contributed by atoms with Gasteiger partial charge in [-0.3, -0.25) is 4.98 Å². The molecule has 0 fully saturated rings. The van der Waals surface area contributed by atoms with E-state index in [1.165, 1.54) is 12.3 Å². The van der Waals surface area contributed by atoms with Crippen molar-refractivity contribution in [2.45, 2.75) is 6.04 Å². The third-order valence-corrected chi connectivity index (χ3v) is 3.62. The van der Waals surface area contributed by atoms with Gasteiger partial charge in [-0.15, -0.1) is 0 Å². The maximum Gasteiger partial charge on any atom is 0.146 e. The molecular weight excluding hydrogens is 270 g/mol. The quantitative estimate of drug-likeness (QED) is 0.791. The van der Waals surface area contributed by atoms with Crippen LogP contribution >= 0.6 is 0 Å². The van der Waals surface area contributed by atoms with E-state index in [0.717, 1.165) is 10.9 Å². The van der Waals surface area contributed by atoms with Crippen LogP contribution in [0.5, 0.6) is 0 Å². The fourth-order valence-corrected chi connectivity index (χ4v) is 2.64. The Morgan fingerprint density at radius 1 is 0.905 bits per heavy atom. The topological polar surface area (TPSA) is 24.9 Å². The first-order chi connectivity index (χ1) is 10.2. The van der Waals surface area contributed by atoms with Crippen LogP contribution in [0.1, 0.15) is 17.2 Å². The minimum atomic E-state index is -0.384. The number of rotatable bonds is 3. The number of hydrogen-bond donors (Lipinski definition) is 1. The van der Waals surface area contributed by atoms with Crippen LogP contribution in [0.2, 0.25) is 0 Å². The second-order valence-electron chi connectivity index (χ2n) is 4.80. The second-order valence-corrected chi connectivity index (χ2v) is 4.80. The van der Waals surface area contributed by atoms with Gasteiger partial charge < -0.3 is 5.32 Å². The van der Waals surface area contributed by atoms with Crippen LogP contribution in [-0.2, 0) is 0 Å². The minimum Gasteiger partial charge on any atom is -0.309 e. The Morgan fingerprint density at radius 3 is 2.38 bits per heavy atom. The predicted octanol–water partition coefficient (Wildman–Crippen LogP) is 3.82. The van der Waals surface area contributed by atoms with E-state index in [-0.39, 0.29) is 17.7 Å². The summed E-state index contributed by atoms with van der Waals surface area (Å²) in [6.45, 7) is 0. The molecule has 0 aliphatic heterocycles. The zero-order valence-electron chi connectivity index (χ0n) is 11.5. The largest absolute Gasteiger partial charge is 0.309 e. The number of fused-ring (bicyclic) bond motifs is 1. The van der Waals surface area contributed by atoms with Gasteiger partial charge in [0.05, 0.1) is 12.2 Å². The molecule has 0 aliphatic rings. The normalized spacial score (nSPS) is 12.5. The van der Waals surface area contributed by atoms with E-state index in [1.807, 2.05) is 12.1 Å². The fraction of sp³-hybridized carbons (Fsp3) is 0.118. The molecule has 1 unspecified atom stereocenters. The lowest BCUT2D eigenvalue weighted by atomic mass is 9.94. The lowest BCUT2D eigenvalue weighted by Crippen LogP contribution is -2.19. The summed E-state index contributed by atoms with van der Waals surface area (Å²) in [5.74, 6) is -0.662. The van der Waals surface area contributed by atoms with E-state index in [1.54, 1.807) is 37.5 Å². The molecule has 0 amide bonds. The van der Waals surface area contributed by atoms with Crippen molar-refractivity contribution < 1.29 is 8.78 Å². The van der Waals surface area contributed by atoms with Crippen LogP contribution in [0.25, 0.3) is 10.8 Å². The number of hydrogen-bond acceptors (Lipinski definition) is 2. The van der Waals surface area contributed by atoms with Crippen molar-refractivity contribution in [2.75, 3.05) is 7.05 Å². The zero-order chi connectivity index (χ0) is 14.8. The summed E-state index contributed by atoms with van der Waals surface area (Å²) < 4.78 is 27.9. The van der Waals surface area contributed by atoms with Gasteiger partial charge in [-0.05, 0) is 30.1 Å². The summed E-state index contributed by atoms with van der Waals surface area (Å²) in [6.07, 6.45) is 2.74. The highest BCUT2D eigenvalue weighted by atomic mass is 19.1. The third kappa shape index (κ3) is 2.38. The molecule has 4 heteroatoms. The molecule has 1 heterocycles. The predicted molar refractivity (Wildman–Crippen MR) is 79.0 cm³/mol. The lowest BCUT2D eigenvalue weighted by Gasteiger charge is -2.20. The Kier molecular flexibility index (Phi) is 3.62.